The summed E-state index contributed by atoms with van der Waals surface area (Å²) in [5, 5.41) is 19.6. The van der Waals surface area contributed by atoms with E-state index in [9.17, 15) is 9.90 Å². The van der Waals surface area contributed by atoms with Gasteiger partial charge in [0.2, 0.25) is 0 Å². The highest BCUT2D eigenvalue weighted by Gasteiger charge is 2.31. The Morgan fingerprint density at radius 3 is 2.54 bits per heavy atom. The van der Waals surface area contributed by atoms with E-state index < -0.39 is 18.0 Å². The molecule has 0 radical (unpaired) electrons. The van der Waals surface area contributed by atoms with E-state index in [2.05, 4.69) is 11.4 Å². The van der Waals surface area contributed by atoms with Crippen LogP contribution in [0.2, 0.25) is 5.02 Å². The molecule has 24 heavy (non-hydrogen) atoms. The van der Waals surface area contributed by atoms with Crippen LogP contribution in [0.25, 0.3) is 0 Å². The van der Waals surface area contributed by atoms with Crippen LogP contribution in [0.4, 0.5) is 0 Å². The third-order valence-electron chi connectivity index (χ3n) is 3.64. The van der Waals surface area contributed by atoms with Crippen LogP contribution in [-0.2, 0) is 22.6 Å². The quantitative estimate of drug-likeness (QED) is 0.865. The molecule has 0 aliphatic carbocycles. The van der Waals surface area contributed by atoms with Crippen molar-refractivity contribution in [3.05, 3.63) is 56.7 Å². The topological polar surface area (TPSA) is 77.8 Å². The second-order valence-corrected chi connectivity index (χ2v) is 6.78. The Kier molecular flexibility index (Phi) is 6.36. The fourth-order valence-electron chi connectivity index (χ4n) is 2.67. The van der Waals surface area contributed by atoms with E-state index in [4.69, 9.17) is 21.5 Å². The van der Waals surface area contributed by atoms with E-state index in [-0.39, 0.29) is 0 Å². The van der Waals surface area contributed by atoms with Crippen LogP contribution < -0.4 is 0 Å². The van der Waals surface area contributed by atoms with Crippen molar-refractivity contribution in [1.82, 2.24) is 4.90 Å². The molecule has 0 spiro atoms. The summed E-state index contributed by atoms with van der Waals surface area (Å²) >= 11 is 7.92. The van der Waals surface area contributed by atoms with Crippen LogP contribution in [-0.4, -0.2) is 33.6 Å². The molecule has 0 unspecified atom stereocenters. The Bertz CT molecular complexity index is 727. The number of fused-ring (bicyclic) bond motifs is 1. The maximum absolute atomic E-state index is 11.7. The van der Waals surface area contributed by atoms with Gasteiger partial charge in [0, 0.05) is 29.9 Å². The standard InChI is InChI=1S/C15H14ClNO2S.C2H4O2/c16-12-4-2-1-3-11(12)14(15(18)19)17-7-5-13-10(9-17)6-8-20-13;1-2(3)4/h1-4,6,8,14H,5,7,9H2,(H,18,19);1H3,(H,3,4)/t14-;/m0./s1. The van der Waals surface area contributed by atoms with E-state index in [1.807, 2.05) is 17.0 Å². The average Bonchev–Trinajstić information content (AvgIpc) is 2.96. The van der Waals surface area contributed by atoms with E-state index in [1.54, 1.807) is 23.5 Å². The Morgan fingerprint density at radius 2 is 1.92 bits per heavy atom. The maximum Gasteiger partial charge on any atom is 0.325 e. The minimum absolute atomic E-state index is 0.510. The van der Waals surface area contributed by atoms with Gasteiger partial charge in [-0.1, -0.05) is 29.8 Å². The normalized spacial score (nSPS) is 14.9. The number of carbonyl (C=O) groups is 2. The van der Waals surface area contributed by atoms with Crippen LogP contribution in [0.3, 0.4) is 0 Å². The summed E-state index contributed by atoms with van der Waals surface area (Å²) in [5.41, 5.74) is 1.90. The second kappa shape index (κ2) is 8.28. The van der Waals surface area contributed by atoms with E-state index in [0.29, 0.717) is 17.1 Å². The highest BCUT2D eigenvalue weighted by atomic mass is 35.5. The third-order valence-corrected chi connectivity index (χ3v) is 5.00. The van der Waals surface area contributed by atoms with Gasteiger partial charge in [0.1, 0.15) is 6.04 Å². The van der Waals surface area contributed by atoms with E-state index >= 15 is 0 Å². The van der Waals surface area contributed by atoms with Crippen molar-refractivity contribution in [3.63, 3.8) is 0 Å². The number of thiophene rings is 1. The zero-order valence-electron chi connectivity index (χ0n) is 13.1. The van der Waals surface area contributed by atoms with E-state index in [0.717, 1.165) is 19.9 Å². The number of carboxylic acid groups (broad SMARTS) is 2. The lowest BCUT2D eigenvalue weighted by Gasteiger charge is -2.32. The Hall–Kier alpha value is -1.89. The Morgan fingerprint density at radius 1 is 1.25 bits per heavy atom. The second-order valence-electron chi connectivity index (χ2n) is 5.37. The summed E-state index contributed by atoms with van der Waals surface area (Å²) < 4.78 is 0. The molecule has 1 aromatic carbocycles. The van der Waals surface area contributed by atoms with E-state index in [1.165, 1.54) is 10.4 Å². The predicted molar refractivity (Wildman–Crippen MR) is 93.6 cm³/mol. The summed E-state index contributed by atoms with van der Waals surface area (Å²) in [6.45, 7) is 2.50. The molecule has 1 atom stereocenters. The molecule has 5 nitrogen and oxygen atoms in total. The monoisotopic (exact) mass is 367 g/mol. The molecule has 0 bridgehead atoms. The largest absolute Gasteiger partial charge is 0.481 e. The molecule has 7 heteroatoms. The van der Waals surface area contributed by atoms with Crippen molar-refractivity contribution in [1.29, 1.82) is 0 Å². The fourth-order valence-corrected chi connectivity index (χ4v) is 3.80. The van der Waals surface area contributed by atoms with Gasteiger partial charge < -0.3 is 10.2 Å². The van der Waals surface area contributed by atoms with Crippen LogP contribution in [0.5, 0.6) is 0 Å². The molecular formula is C17H18ClNO4S. The number of aliphatic carboxylic acids is 2. The average molecular weight is 368 g/mol. The molecule has 2 heterocycles. The first-order valence-electron chi connectivity index (χ1n) is 7.36. The van der Waals surface area contributed by atoms with Crippen LogP contribution >= 0.6 is 22.9 Å². The lowest BCUT2D eigenvalue weighted by molar-refractivity contribution is -0.144. The van der Waals surface area contributed by atoms with Gasteiger partial charge in [0.05, 0.1) is 0 Å². The zero-order chi connectivity index (χ0) is 17.7. The molecule has 1 aromatic heterocycles. The smallest absolute Gasteiger partial charge is 0.325 e. The van der Waals surface area contributed by atoms with Gasteiger partial charge in [-0.15, -0.1) is 11.3 Å². The number of rotatable bonds is 3. The number of hydrogen-bond acceptors (Lipinski definition) is 4. The SMILES string of the molecule is CC(=O)O.O=C(O)[C@H](c1ccccc1Cl)N1CCc2sccc2C1. The molecule has 0 saturated heterocycles. The molecule has 1 aliphatic heterocycles. The van der Waals surface area contributed by atoms with Crippen molar-refractivity contribution >= 4 is 34.9 Å². The van der Waals surface area contributed by atoms with Gasteiger partial charge >= 0.3 is 5.97 Å². The predicted octanol–water partition coefficient (Wildman–Crippen LogP) is 3.68. The van der Waals surface area contributed by atoms with Crippen molar-refractivity contribution in [2.75, 3.05) is 6.54 Å². The summed E-state index contributed by atoms with van der Waals surface area (Å²) in [4.78, 5) is 24.1. The first kappa shape index (κ1) is 18.4. The molecule has 3 rings (SSSR count). The molecule has 0 fully saturated rings. The van der Waals surface area contributed by atoms with Crippen molar-refractivity contribution in [3.8, 4) is 0 Å². The van der Waals surface area contributed by atoms with Gasteiger partial charge in [-0.25, -0.2) is 0 Å². The van der Waals surface area contributed by atoms with Gasteiger partial charge in [-0.05, 0) is 35.1 Å². The Balaban J connectivity index is 0.000000471. The summed E-state index contributed by atoms with van der Waals surface area (Å²) in [5.74, 6) is -1.68. The number of carboxylic acids is 2. The maximum atomic E-state index is 11.7. The van der Waals surface area contributed by atoms with Crippen molar-refractivity contribution in [2.24, 2.45) is 0 Å². The highest BCUT2D eigenvalue weighted by molar-refractivity contribution is 7.10. The number of nitrogens with zero attached hydrogens (tertiary/aromatic N) is 1. The molecule has 0 amide bonds. The van der Waals surface area contributed by atoms with Crippen LogP contribution in [0.15, 0.2) is 35.7 Å². The fraction of sp³-hybridized carbons (Fsp3) is 0.294. The number of hydrogen-bond donors (Lipinski definition) is 2. The van der Waals surface area contributed by atoms with Crippen LogP contribution in [0.1, 0.15) is 29.0 Å². The number of benzene rings is 1. The number of halogens is 1. The van der Waals surface area contributed by atoms with Crippen molar-refractivity contribution in [2.45, 2.75) is 25.9 Å². The Labute approximate surface area is 149 Å². The summed E-state index contributed by atoms with van der Waals surface area (Å²) in [6.07, 6.45) is 0.904. The first-order valence-corrected chi connectivity index (χ1v) is 8.62. The van der Waals surface area contributed by atoms with Gasteiger partial charge in [-0.3, -0.25) is 14.5 Å². The third kappa shape index (κ3) is 4.56. The van der Waals surface area contributed by atoms with Gasteiger partial charge in [-0.2, -0.15) is 0 Å². The zero-order valence-corrected chi connectivity index (χ0v) is 14.7. The van der Waals surface area contributed by atoms with Crippen molar-refractivity contribution < 1.29 is 19.8 Å². The molecule has 2 N–H and O–H groups in total. The molecule has 2 aromatic rings. The first-order chi connectivity index (χ1) is 11.4. The molecule has 0 saturated carbocycles. The minimum Gasteiger partial charge on any atom is -0.481 e. The van der Waals surface area contributed by atoms with Crippen LogP contribution in [0, 0.1) is 0 Å². The van der Waals surface area contributed by atoms with Gasteiger partial charge in [0.25, 0.3) is 5.97 Å². The molecular weight excluding hydrogens is 350 g/mol. The molecule has 1 aliphatic rings. The molecule has 128 valence electrons. The lowest BCUT2D eigenvalue weighted by Crippen LogP contribution is -2.37. The summed E-state index contributed by atoms with van der Waals surface area (Å²) in [6, 6.07) is 8.58. The summed E-state index contributed by atoms with van der Waals surface area (Å²) in [7, 11) is 0. The minimum atomic E-state index is -0.850. The highest BCUT2D eigenvalue weighted by Crippen LogP contribution is 2.33. The lowest BCUT2D eigenvalue weighted by atomic mass is 10.0. The van der Waals surface area contributed by atoms with Gasteiger partial charge in [0.15, 0.2) is 0 Å².